The van der Waals surface area contributed by atoms with Crippen molar-refractivity contribution >= 4 is 29.2 Å². The number of nitrogens with zero attached hydrogens (tertiary/aromatic N) is 4. The Bertz CT molecular complexity index is 1290. The lowest BCUT2D eigenvalue weighted by atomic mass is 10.1. The molecule has 35 heavy (non-hydrogen) atoms. The van der Waals surface area contributed by atoms with Gasteiger partial charge in [-0.3, -0.25) is 4.79 Å². The van der Waals surface area contributed by atoms with E-state index in [1.54, 1.807) is 24.3 Å². The molecule has 1 heterocycles. The lowest BCUT2D eigenvalue weighted by molar-refractivity contribution is -0.141. The van der Waals surface area contributed by atoms with Gasteiger partial charge in [-0.1, -0.05) is 36.6 Å². The first-order valence-corrected chi connectivity index (χ1v) is 11.4. The zero-order valence-corrected chi connectivity index (χ0v) is 19.3. The van der Waals surface area contributed by atoms with Gasteiger partial charge in [0.1, 0.15) is 5.84 Å². The molecule has 0 unspecified atom stereocenters. The zero-order valence-electron chi connectivity index (χ0n) is 18.5. The van der Waals surface area contributed by atoms with Gasteiger partial charge < -0.3 is 5.32 Å². The summed E-state index contributed by atoms with van der Waals surface area (Å²) in [5.74, 6) is -0.325. The van der Waals surface area contributed by atoms with E-state index >= 15 is 0 Å². The summed E-state index contributed by atoms with van der Waals surface area (Å²) in [6.45, 7) is 0. The summed E-state index contributed by atoms with van der Waals surface area (Å²) in [6, 6.07) is 15.6. The number of hydrogen-bond donors (Lipinski definition) is 1. The fourth-order valence-electron chi connectivity index (χ4n) is 4.01. The summed E-state index contributed by atoms with van der Waals surface area (Å²) in [7, 11) is 0. The highest BCUT2D eigenvalue weighted by Gasteiger charge is 2.36. The minimum Gasteiger partial charge on any atom is -0.310 e. The van der Waals surface area contributed by atoms with Crippen LogP contribution >= 0.6 is 11.6 Å². The number of aliphatic imine (C=N–C) groups is 1. The molecule has 0 spiro atoms. The third kappa shape index (κ3) is 6.08. The van der Waals surface area contributed by atoms with E-state index in [0.717, 1.165) is 24.5 Å². The minimum atomic E-state index is -4.62. The molecule has 0 bridgehead atoms. The minimum absolute atomic E-state index is 0.0291. The first-order valence-electron chi connectivity index (χ1n) is 11.0. The van der Waals surface area contributed by atoms with Crippen LogP contribution in [0.2, 0.25) is 5.02 Å². The maximum atomic E-state index is 13.5. The van der Waals surface area contributed by atoms with Gasteiger partial charge in [0.2, 0.25) is 0 Å². The number of halogens is 4. The number of nitriles is 1. The highest BCUT2D eigenvalue weighted by Crippen LogP contribution is 2.37. The Kier molecular flexibility index (Phi) is 7.22. The quantitative estimate of drug-likeness (QED) is 0.333. The van der Waals surface area contributed by atoms with Crippen LogP contribution in [0, 0.1) is 11.3 Å². The molecule has 3 aromatic rings. The number of amidine groups is 1. The lowest BCUT2D eigenvalue weighted by Crippen LogP contribution is -2.32. The van der Waals surface area contributed by atoms with Crippen LogP contribution in [-0.4, -0.2) is 21.5 Å². The number of hydrogen-bond acceptors (Lipinski definition) is 4. The Labute approximate surface area is 205 Å². The number of carbonyl (C=O) groups excluding carboxylic acids is 1. The van der Waals surface area contributed by atoms with E-state index in [-0.39, 0.29) is 29.7 Å². The molecule has 1 N–H and O–H groups in total. The van der Waals surface area contributed by atoms with Crippen molar-refractivity contribution in [3.05, 3.63) is 82.0 Å². The van der Waals surface area contributed by atoms with Crippen molar-refractivity contribution in [3.8, 4) is 6.07 Å². The monoisotopic (exact) mass is 499 g/mol. The van der Waals surface area contributed by atoms with E-state index in [0.29, 0.717) is 23.4 Å². The number of nitrogens with one attached hydrogen (secondary N) is 1. The first-order chi connectivity index (χ1) is 16.7. The SMILES string of the molecule is N#Cc1ccc(C(=O)NC(Cc2cccc(Cl)c2)=Nc2cc(C(F)(F)F)nn2C2CCCC2)cc1. The Balaban J connectivity index is 1.72. The molecule has 1 fully saturated rings. The Morgan fingerprint density at radius 2 is 1.89 bits per heavy atom. The van der Waals surface area contributed by atoms with Gasteiger partial charge in [0.25, 0.3) is 5.91 Å². The van der Waals surface area contributed by atoms with Crippen molar-refractivity contribution in [2.45, 2.75) is 44.3 Å². The standard InChI is InChI=1S/C25H21ClF3N5O/c26-19-5-3-4-17(12-19)13-22(32-24(35)18-10-8-16(15-30)9-11-18)31-23-14-21(25(27,28)29)33-34(23)20-6-1-2-7-20/h3-5,8-12,14,20H,1-2,6-7,13H2,(H,31,32,35). The van der Waals surface area contributed by atoms with Crippen LogP contribution in [0.5, 0.6) is 0 Å². The Hall–Kier alpha value is -3.64. The van der Waals surface area contributed by atoms with Crippen molar-refractivity contribution in [1.29, 1.82) is 5.26 Å². The van der Waals surface area contributed by atoms with Gasteiger partial charge in [0, 0.05) is 23.1 Å². The summed E-state index contributed by atoms with van der Waals surface area (Å²) < 4.78 is 41.7. The van der Waals surface area contributed by atoms with Gasteiger partial charge >= 0.3 is 6.18 Å². The molecule has 0 saturated heterocycles. The molecule has 0 aliphatic heterocycles. The van der Waals surface area contributed by atoms with Gasteiger partial charge in [-0.05, 0) is 54.8 Å². The largest absolute Gasteiger partial charge is 0.435 e. The van der Waals surface area contributed by atoms with E-state index < -0.39 is 17.8 Å². The van der Waals surface area contributed by atoms with E-state index in [4.69, 9.17) is 16.9 Å². The third-order valence-corrected chi connectivity index (χ3v) is 5.96. The molecule has 2 aromatic carbocycles. The van der Waals surface area contributed by atoms with Crippen LogP contribution in [-0.2, 0) is 12.6 Å². The predicted molar refractivity (Wildman–Crippen MR) is 126 cm³/mol. The first kappa shape index (κ1) is 24.5. The fourth-order valence-corrected chi connectivity index (χ4v) is 4.23. The number of amides is 1. The average molecular weight is 500 g/mol. The third-order valence-electron chi connectivity index (χ3n) is 5.72. The van der Waals surface area contributed by atoms with E-state index in [1.165, 1.54) is 28.9 Å². The lowest BCUT2D eigenvalue weighted by Gasteiger charge is -2.14. The zero-order chi connectivity index (χ0) is 25.0. The van der Waals surface area contributed by atoms with Crippen LogP contribution < -0.4 is 5.32 Å². The molecule has 6 nitrogen and oxygen atoms in total. The Morgan fingerprint density at radius 3 is 2.51 bits per heavy atom. The summed E-state index contributed by atoms with van der Waals surface area (Å²) in [6.07, 6.45) is -1.27. The van der Waals surface area contributed by atoms with Crippen LogP contribution in [0.15, 0.2) is 59.6 Å². The maximum absolute atomic E-state index is 13.5. The smallest absolute Gasteiger partial charge is 0.310 e. The molecule has 10 heteroatoms. The van der Waals surface area contributed by atoms with Crippen molar-refractivity contribution in [2.24, 2.45) is 4.99 Å². The molecule has 0 atom stereocenters. The van der Waals surface area contributed by atoms with Crippen molar-refractivity contribution in [3.63, 3.8) is 0 Å². The molecule has 1 aliphatic rings. The normalized spacial score (nSPS) is 14.7. The number of aromatic nitrogens is 2. The van der Waals surface area contributed by atoms with Gasteiger partial charge in [0.15, 0.2) is 11.5 Å². The molecule has 1 amide bonds. The molecule has 4 rings (SSSR count). The number of rotatable bonds is 5. The van der Waals surface area contributed by atoms with Gasteiger partial charge in [-0.2, -0.15) is 23.5 Å². The summed E-state index contributed by atoms with van der Waals surface area (Å²) in [5, 5.41) is 16.0. The molecule has 1 saturated carbocycles. The Morgan fingerprint density at radius 1 is 1.17 bits per heavy atom. The van der Waals surface area contributed by atoms with Crippen molar-refractivity contribution in [2.75, 3.05) is 0 Å². The highest BCUT2D eigenvalue weighted by molar-refractivity contribution is 6.30. The van der Waals surface area contributed by atoms with Crippen LogP contribution in [0.1, 0.15) is 58.9 Å². The summed E-state index contributed by atoms with van der Waals surface area (Å²) in [5.41, 5.74) is 0.376. The average Bonchev–Trinajstić information content (AvgIpc) is 3.49. The maximum Gasteiger partial charge on any atom is 0.435 e. The number of alkyl halides is 3. The molecular formula is C25H21ClF3N5O. The van der Waals surface area contributed by atoms with E-state index in [2.05, 4.69) is 15.4 Å². The second-order valence-electron chi connectivity index (χ2n) is 8.28. The molecule has 180 valence electrons. The predicted octanol–water partition coefficient (Wildman–Crippen LogP) is 6.24. The summed E-state index contributed by atoms with van der Waals surface area (Å²) >= 11 is 6.09. The molecular weight excluding hydrogens is 479 g/mol. The second kappa shape index (κ2) is 10.3. The van der Waals surface area contributed by atoms with E-state index in [1.807, 2.05) is 6.07 Å². The fraction of sp³-hybridized carbons (Fsp3) is 0.280. The molecule has 1 aliphatic carbocycles. The topological polar surface area (TPSA) is 83.1 Å². The van der Waals surface area contributed by atoms with Crippen LogP contribution in [0.4, 0.5) is 19.0 Å². The molecule has 0 radical (unpaired) electrons. The summed E-state index contributed by atoms with van der Waals surface area (Å²) in [4.78, 5) is 17.4. The second-order valence-corrected chi connectivity index (χ2v) is 8.71. The van der Waals surface area contributed by atoms with Gasteiger partial charge in [0.05, 0.1) is 17.7 Å². The van der Waals surface area contributed by atoms with Crippen molar-refractivity contribution < 1.29 is 18.0 Å². The molecule has 1 aromatic heterocycles. The number of benzene rings is 2. The van der Waals surface area contributed by atoms with Crippen LogP contribution in [0.25, 0.3) is 0 Å². The number of carbonyl (C=O) groups is 1. The highest BCUT2D eigenvalue weighted by atomic mass is 35.5. The van der Waals surface area contributed by atoms with Crippen LogP contribution in [0.3, 0.4) is 0 Å². The van der Waals surface area contributed by atoms with E-state index in [9.17, 15) is 18.0 Å². The van der Waals surface area contributed by atoms with Crippen molar-refractivity contribution in [1.82, 2.24) is 15.1 Å². The van der Waals surface area contributed by atoms with Gasteiger partial charge in [-0.25, -0.2) is 9.67 Å². The van der Waals surface area contributed by atoms with Gasteiger partial charge in [-0.15, -0.1) is 0 Å².